The highest BCUT2D eigenvalue weighted by molar-refractivity contribution is 7.89. The number of nitrogens with zero attached hydrogens (tertiary/aromatic N) is 3. The van der Waals surface area contributed by atoms with Crippen LogP contribution >= 0.6 is 11.3 Å². The molecule has 0 saturated carbocycles. The fourth-order valence-corrected chi connectivity index (χ4v) is 4.92. The molecule has 8 heteroatoms. The van der Waals surface area contributed by atoms with Crippen LogP contribution in [0.5, 0.6) is 0 Å². The Balaban J connectivity index is 1.68. The molecular weight excluding hydrogens is 332 g/mol. The number of anilines is 1. The van der Waals surface area contributed by atoms with E-state index in [9.17, 15) is 8.42 Å². The Kier molecular flexibility index (Phi) is 4.65. The van der Waals surface area contributed by atoms with Crippen LogP contribution in [0.1, 0.15) is 28.4 Å². The van der Waals surface area contributed by atoms with Crippen LogP contribution in [0.3, 0.4) is 0 Å². The third-order valence-electron chi connectivity index (χ3n) is 3.88. The summed E-state index contributed by atoms with van der Waals surface area (Å²) in [6, 6.07) is 3.32. The second-order valence-electron chi connectivity index (χ2n) is 5.58. The molecular formula is C15H20N4O2S2. The number of aromatic nitrogens is 2. The van der Waals surface area contributed by atoms with Crippen molar-refractivity contribution in [2.24, 2.45) is 0 Å². The van der Waals surface area contributed by atoms with Gasteiger partial charge in [0.1, 0.15) is 10.7 Å². The summed E-state index contributed by atoms with van der Waals surface area (Å²) in [5, 5.41) is 4.23. The van der Waals surface area contributed by atoms with Crippen molar-refractivity contribution in [3.63, 3.8) is 0 Å². The lowest BCUT2D eigenvalue weighted by atomic mass is 10.3. The highest BCUT2D eigenvalue weighted by Gasteiger charge is 2.27. The average Bonchev–Trinajstić information content (AvgIpc) is 3.16. The fourth-order valence-electron chi connectivity index (χ4n) is 2.63. The lowest BCUT2D eigenvalue weighted by Crippen LogP contribution is -2.27. The Morgan fingerprint density at radius 1 is 1.26 bits per heavy atom. The SMILES string of the molecule is Cc1nc(CNc2ccc(S(=O)(=O)N3CCCC3)cn2)c(C)s1. The van der Waals surface area contributed by atoms with Gasteiger partial charge < -0.3 is 5.32 Å². The summed E-state index contributed by atoms with van der Waals surface area (Å²) in [7, 11) is -3.39. The molecule has 2 aromatic rings. The van der Waals surface area contributed by atoms with Gasteiger partial charge in [0.2, 0.25) is 10.0 Å². The molecule has 0 unspecified atom stereocenters. The average molecular weight is 352 g/mol. The van der Waals surface area contributed by atoms with Crippen LogP contribution in [-0.2, 0) is 16.6 Å². The van der Waals surface area contributed by atoms with E-state index < -0.39 is 10.0 Å². The maximum Gasteiger partial charge on any atom is 0.244 e. The van der Waals surface area contributed by atoms with Crippen molar-refractivity contribution in [2.45, 2.75) is 38.1 Å². The second kappa shape index (κ2) is 6.54. The van der Waals surface area contributed by atoms with E-state index >= 15 is 0 Å². The number of aryl methyl sites for hydroxylation is 2. The highest BCUT2D eigenvalue weighted by atomic mass is 32.2. The van der Waals surface area contributed by atoms with E-state index in [1.807, 2.05) is 13.8 Å². The molecule has 1 fully saturated rings. The first-order valence-corrected chi connectivity index (χ1v) is 9.85. The minimum Gasteiger partial charge on any atom is -0.364 e. The maximum atomic E-state index is 12.4. The number of hydrogen-bond donors (Lipinski definition) is 1. The van der Waals surface area contributed by atoms with Crippen molar-refractivity contribution in [3.05, 3.63) is 33.9 Å². The van der Waals surface area contributed by atoms with Gasteiger partial charge in [-0.25, -0.2) is 18.4 Å². The maximum absolute atomic E-state index is 12.4. The van der Waals surface area contributed by atoms with Crippen molar-refractivity contribution in [3.8, 4) is 0 Å². The summed E-state index contributed by atoms with van der Waals surface area (Å²) in [4.78, 5) is 10.1. The van der Waals surface area contributed by atoms with E-state index in [4.69, 9.17) is 0 Å². The molecule has 2 aromatic heterocycles. The van der Waals surface area contributed by atoms with Gasteiger partial charge in [0, 0.05) is 24.2 Å². The molecule has 0 aromatic carbocycles. The number of nitrogens with one attached hydrogen (secondary N) is 1. The van der Waals surface area contributed by atoms with Crippen LogP contribution in [0.4, 0.5) is 5.82 Å². The minimum absolute atomic E-state index is 0.255. The minimum atomic E-state index is -3.39. The van der Waals surface area contributed by atoms with E-state index in [1.54, 1.807) is 23.5 Å². The van der Waals surface area contributed by atoms with E-state index in [0.717, 1.165) is 23.5 Å². The molecule has 3 heterocycles. The van der Waals surface area contributed by atoms with Crippen LogP contribution in [0.2, 0.25) is 0 Å². The van der Waals surface area contributed by atoms with Crippen LogP contribution in [0.15, 0.2) is 23.2 Å². The lowest BCUT2D eigenvalue weighted by Gasteiger charge is -2.15. The zero-order valence-electron chi connectivity index (χ0n) is 13.2. The quantitative estimate of drug-likeness (QED) is 0.895. The third kappa shape index (κ3) is 3.54. The first-order valence-electron chi connectivity index (χ1n) is 7.60. The Labute approximate surface area is 140 Å². The van der Waals surface area contributed by atoms with E-state index in [2.05, 4.69) is 15.3 Å². The van der Waals surface area contributed by atoms with Gasteiger partial charge in [-0.05, 0) is 38.8 Å². The molecule has 0 atom stereocenters. The molecule has 1 aliphatic rings. The number of hydrogen-bond acceptors (Lipinski definition) is 6. The predicted molar refractivity (Wildman–Crippen MR) is 91.1 cm³/mol. The molecule has 0 radical (unpaired) electrons. The van der Waals surface area contributed by atoms with Gasteiger partial charge in [0.05, 0.1) is 17.2 Å². The zero-order valence-corrected chi connectivity index (χ0v) is 14.9. The molecule has 124 valence electrons. The molecule has 23 heavy (non-hydrogen) atoms. The van der Waals surface area contributed by atoms with Crippen LogP contribution < -0.4 is 5.32 Å². The summed E-state index contributed by atoms with van der Waals surface area (Å²) in [6.45, 7) is 5.81. The highest BCUT2D eigenvalue weighted by Crippen LogP contribution is 2.21. The monoisotopic (exact) mass is 352 g/mol. The third-order valence-corrected chi connectivity index (χ3v) is 6.69. The summed E-state index contributed by atoms with van der Waals surface area (Å²) in [6.07, 6.45) is 3.28. The van der Waals surface area contributed by atoms with E-state index in [0.29, 0.717) is 25.5 Å². The molecule has 3 rings (SSSR count). The summed E-state index contributed by atoms with van der Waals surface area (Å²) in [5.74, 6) is 0.649. The Bertz CT molecular complexity index is 778. The Morgan fingerprint density at radius 2 is 2.00 bits per heavy atom. The molecule has 0 aliphatic carbocycles. The van der Waals surface area contributed by atoms with Gasteiger partial charge in [-0.15, -0.1) is 11.3 Å². The molecule has 0 bridgehead atoms. The van der Waals surface area contributed by atoms with Crippen molar-refractivity contribution in [1.82, 2.24) is 14.3 Å². The van der Waals surface area contributed by atoms with Crippen molar-refractivity contribution >= 4 is 27.2 Å². The van der Waals surface area contributed by atoms with Gasteiger partial charge in [0.25, 0.3) is 0 Å². The lowest BCUT2D eigenvalue weighted by molar-refractivity contribution is 0.477. The first-order chi connectivity index (χ1) is 11.0. The number of sulfonamides is 1. The predicted octanol–water partition coefficient (Wildman–Crippen LogP) is 2.55. The number of rotatable bonds is 5. The van der Waals surface area contributed by atoms with Gasteiger partial charge >= 0.3 is 0 Å². The number of thiazole rings is 1. The normalized spacial score (nSPS) is 15.9. The smallest absolute Gasteiger partial charge is 0.244 e. The fraction of sp³-hybridized carbons (Fsp3) is 0.467. The molecule has 6 nitrogen and oxygen atoms in total. The van der Waals surface area contributed by atoms with Gasteiger partial charge in [-0.3, -0.25) is 0 Å². The second-order valence-corrected chi connectivity index (χ2v) is 8.92. The van der Waals surface area contributed by atoms with Crippen LogP contribution in [-0.4, -0.2) is 35.8 Å². The van der Waals surface area contributed by atoms with Gasteiger partial charge in [-0.1, -0.05) is 0 Å². The summed E-state index contributed by atoms with van der Waals surface area (Å²) in [5.41, 5.74) is 1.00. The topological polar surface area (TPSA) is 75.2 Å². The molecule has 1 saturated heterocycles. The van der Waals surface area contributed by atoms with E-state index in [1.165, 1.54) is 15.4 Å². The van der Waals surface area contributed by atoms with Crippen molar-refractivity contribution in [1.29, 1.82) is 0 Å². The largest absolute Gasteiger partial charge is 0.364 e. The van der Waals surface area contributed by atoms with Crippen molar-refractivity contribution in [2.75, 3.05) is 18.4 Å². The van der Waals surface area contributed by atoms with Crippen molar-refractivity contribution < 1.29 is 8.42 Å². The van der Waals surface area contributed by atoms with Gasteiger partial charge in [-0.2, -0.15) is 4.31 Å². The molecule has 0 spiro atoms. The van der Waals surface area contributed by atoms with Crippen LogP contribution in [0.25, 0.3) is 0 Å². The van der Waals surface area contributed by atoms with Gasteiger partial charge in [0.15, 0.2) is 0 Å². The Morgan fingerprint density at radius 3 is 2.57 bits per heavy atom. The van der Waals surface area contributed by atoms with E-state index in [-0.39, 0.29) is 4.90 Å². The molecule has 1 N–H and O–H groups in total. The standard InChI is InChI=1S/C15H20N4O2S2/c1-11-14(18-12(2)22-11)10-17-15-6-5-13(9-16-15)23(20,21)19-7-3-4-8-19/h5-6,9H,3-4,7-8,10H2,1-2H3,(H,16,17). The van der Waals surface area contributed by atoms with Crippen LogP contribution in [0, 0.1) is 13.8 Å². The zero-order chi connectivity index (χ0) is 16.4. The first kappa shape index (κ1) is 16.4. The number of pyridine rings is 1. The molecule has 1 aliphatic heterocycles. The summed E-state index contributed by atoms with van der Waals surface area (Å²) >= 11 is 1.67. The summed E-state index contributed by atoms with van der Waals surface area (Å²) < 4.78 is 26.4. The molecule has 0 amide bonds. The Hall–Kier alpha value is -1.51.